The van der Waals surface area contributed by atoms with Crippen molar-refractivity contribution in [3.8, 4) is 45.8 Å². The van der Waals surface area contributed by atoms with Gasteiger partial charge in [-0.1, -0.05) is 76.2 Å². The van der Waals surface area contributed by atoms with Gasteiger partial charge in [0.05, 0.1) is 11.6 Å². The first-order chi connectivity index (χ1) is 37.4. The summed E-state index contributed by atoms with van der Waals surface area (Å²) in [5.74, 6) is -4.54. The van der Waals surface area contributed by atoms with E-state index >= 15 is 0 Å². The summed E-state index contributed by atoms with van der Waals surface area (Å²) in [7, 11) is 3.86. The standard InChI is InChI=1S/2C17H12F5N5.2C10H9FN2.2Ir/c2*1-16(2,3)15-24-13(9-5-4-8(18)6-10(9)19)23-14(25-15)11-7-12(27-26-11)17(20,21)22;2*1-12-6-7-13(8-12)10-4-2-9(11)3-5-10;;/h2*4,6-7H,1-3H3;2*2-4,6-8H,1H3;;/q4*-2;;. The van der Waals surface area contributed by atoms with Gasteiger partial charge in [-0.3, -0.25) is 46.3 Å². The average molecular weight is 1500 g/mol. The van der Waals surface area contributed by atoms with Crippen molar-refractivity contribution in [3.05, 3.63) is 193 Å². The maximum Gasteiger partial charge on any atom is 0.431 e. The molecule has 0 saturated heterocycles. The minimum atomic E-state index is -4.68. The Morgan fingerprint density at radius 1 is 0.439 bits per heavy atom. The van der Waals surface area contributed by atoms with Crippen molar-refractivity contribution in [1.82, 2.24) is 60.1 Å². The summed E-state index contributed by atoms with van der Waals surface area (Å²) in [6.07, 6.45) is -1.74. The van der Waals surface area contributed by atoms with Crippen molar-refractivity contribution in [2.45, 2.75) is 64.7 Å². The van der Waals surface area contributed by atoms with Gasteiger partial charge in [-0.25, -0.2) is 9.97 Å². The van der Waals surface area contributed by atoms with Gasteiger partial charge >= 0.3 is 12.4 Å². The second-order valence-electron chi connectivity index (χ2n) is 19.2. The molecule has 6 heterocycles. The van der Waals surface area contributed by atoms with Crippen molar-refractivity contribution < 1.29 is 92.9 Å². The molecule has 0 amide bonds. The van der Waals surface area contributed by atoms with E-state index in [9.17, 15) is 52.7 Å². The number of hydrogen-bond acceptors (Lipinski definition) is 12. The van der Waals surface area contributed by atoms with Gasteiger partial charge in [-0.05, 0) is 51.0 Å². The third kappa shape index (κ3) is 17.2. The molecule has 2 aliphatic rings. The van der Waals surface area contributed by atoms with Crippen LogP contribution in [0.25, 0.3) is 45.8 Å². The van der Waals surface area contributed by atoms with Gasteiger partial charge in [0.1, 0.15) is 34.7 Å². The number of hydrogen-bond donors (Lipinski definition) is 0. The van der Waals surface area contributed by atoms with E-state index in [1.165, 1.54) is 24.3 Å². The summed E-state index contributed by atoms with van der Waals surface area (Å²) < 4.78 is 156. The number of alkyl halides is 6. The first-order valence-corrected chi connectivity index (χ1v) is 23.3. The monoisotopic (exact) mass is 1500 g/mol. The van der Waals surface area contributed by atoms with E-state index in [0.717, 1.165) is 23.5 Å². The predicted molar refractivity (Wildman–Crippen MR) is 266 cm³/mol. The minimum absolute atomic E-state index is 0. The summed E-state index contributed by atoms with van der Waals surface area (Å²) in [4.78, 5) is 32.2. The Morgan fingerprint density at radius 3 is 1.05 bits per heavy atom. The van der Waals surface area contributed by atoms with Crippen LogP contribution in [0.3, 0.4) is 0 Å². The van der Waals surface area contributed by atoms with E-state index in [1.54, 1.807) is 53.7 Å². The third-order valence-corrected chi connectivity index (χ3v) is 10.5. The number of halogens is 12. The molecule has 0 aliphatic carbocycles. The molecule has 438 valence electrons. The predicted octanol–water partition coefficient (Wildman–Crippen LogP) is 11.8. The molecule has 8 aromatic rings. The first-order valence-electron chi connectivity index (χ1n) is 23.3. The maximum absolute atomic E-state index is 14.1. The van der Waals surface area contributed by atoms with Gasteiger partial charge in [-0.15, -0.1) is 72.0 Å². The molecular weight excluding hydrogens is 1460 g/mol. The van der Waals surface area contributed by atoms with Gasteiger partial charge in [0, 0.05) is 85.9 Å². The van der Waals surface area contributed by atoms with E-state index < -0.39 is 57.8 Å². The van der Waals surface area contributed by atoms with Gasteiger partial charge in [-0.2, -0.15) is 51.8 Å². The molecule has 0 unspecified atom stereocenters. The van der Waals surface area contributed by atoms with Crippen LogP contribution in [0.2, 0.25) is 0 Å². The molecule has 2 radical (unpaired) electrons. The number of anilines is 2. The molecule has 14 nitrogen and oxygen atoms in total. The summed E-state index contributed by atoms with van der Waals surface area (Å²) in [6, 6.07) is 23.8. The second kappa shape index (κ2) is 26.6. The van der Waals surface area contributed by atoms with Crippen LogP contribution < -0.4 is 20.0 Å². The first kappa shape index (κ1) is 65.3. The summed E-state index contributed by atoms with van der Waals surface area (Å²) in [5, 5.41) is 13.1. The molecular formula is C54H42F12Ir2N14-8. The van der Waals surface area contributed by atoms with E-state index in [4.69, 9.17) is 0 Å². The zero-order chi connectivity index (χ0) is 58.5. The topological polar surface area (TPSA) is 144 Å². The van der Waals surface area contributed by atoms with Crippen LogP contribution in [0.1, 0.15) is 64.6 Å². The van der Waals surface area contributed by atoms with Gasteiger partial charge in [0.25, 0.3) is 0 Å². The van der Waals surface area contributed by atoms with Crippen molar-refractivity contribution in [2.24, 2.45) is 0 Å². The molecule has 0 fully saturated rings. The molecule has 4 aromatic heterocycles. The quantitative estimate of drug-likeness (QED) is 0.115. The number of nitrogens with zero attached hydrogens (tertiary/aromatic N) is 14. The van der Waals surface area contributed by atoms with E-state index in [0.29, 0.717) is 24.3 Å². The third-order valence-electron chi connectivity index (χ3n) is 10.5. The largest absolute Gasteiger partial charge is 0.572 e. The molecule has 0 atom stereocenters. The SMILES string of the molecule is CC(C)(C)c1nc(-c2cc(C(F)(F)F)n[n-]2)nc(-c2[c-]cc(F)cc2F)n1.CC(C)(C)c1nc(-c2cc(C(F)(F)F)n[n-]2)nc(-c2[c-]cc(F)cc2F)n1.CN1C=CN(c2[c-]cc(F)cc2)[CH-]1.CN1C=CN(c2[c-]cc(F)cc2)[CH-]1.[Ir].[Ir]. The summed E-state index contributed by atoms with van der Waals surface area (Å²) in [5.41, 5.74) is -2.93. The van der Waals surface area contributed by atoms with E-state index in [2.05, 4.69) is 74.6 Å². The zero-order valence-electron chi connectivity index (χ0n) is 43.9. The van der Waals surface area contributed by atoms with Crippen LogP contribution in [0.4, 0.5) is 64.1 Å². The van der Waals surface area contributed by atoms with Crippen molar-refractivity contribution in [2.75, 3.05) is 23.9 Å². The molecule has 28 heteroatoms. The molecule has 0 saturated carbocycles. The Balaban J connectivity index is 0.000000209. The fourth-order valence-corrected chi connectivity index (χ4v) is 6.50. The Bertz CT molecular complexity index is 3260. The Labute approximate surface area is 489 Å². The van der Waals surface area contributed by atoms with E-state index in [-0.39, 0.29) is 109 Å². The van der Waals surface area contributed by atoms with Crippen molar-refractivity contribution >= 4 is 11.4 Å². The molecule has 4 aromatic carbocycles. The van der Waals surface area contributed by atoms with Crippen LogP contribution >= 0.6 is 0 Å². The minimum Gasteiger partial charge on any atom is -0.572 e. The number of rotatable bonds is 6. The van der Waals surface area contributed by atoms with Gasteiger partial charge < -0.3 is 40.0 Å². The molecule has 0 spiro atoms. The van der Waals surface area contributed by atoms with Gasteiger partial charge in [0.15, 0.2) is 0 Å². The fourth-order valence-electron chi connectivity index (χ4n) is 6.50. The molecule has 82 heavy (non-hydrogen) atoms. The van der Waals surface area contributed by atoms with Crippen LogP contribution in [0.15, 0.2) is 97.6 Å². The Morgan fingerprint density at radius 2 is 0.780 bits per heavy atom. The van der Waals surface area contributed by atoms with Crippen LogP contribution in [0, 0.1) is 72.5 Å². The Hall–Kier alpha value is -7.54. The Kier molecular flexibility index (Phi) is 21.2. The fraction of sp³-hybridized carbons (Fsp3) is 0.222. The van der Waals surface area contributed by atoms with Crippen LogP contribution in [-0.2, 0) is 63.4 Å². The average Bonchev–Trinajstić information content (AvgIpc) is 4.25. The maximum atomic E-state index is 14.1. The van der Waals surface area contributed by atoms with E-state index in [1.807, 2.05) is 71.8 Å². The molecule has 10 rings (SSSR count). The number of aromatic nitrogens is 10. The normalized spacial score (nSPS) is 13.1. The van der Waals surface area contributed by atoms with Crippen molar-refractivity contribution in [3.63, 3.8) is 0 Å². The summed E-state index contributed by atoms with van der Waals surface area (Å²) in [6.45, 7) is 14.4. The smallest absolute Gasteiger partial charge is 0.431 e. The molecule has 0 bridgehead atoms. The summed E-state index contributed by atoms with van der Waals surface area (Å²) >= 11 is 0. The van der Waals surface area contributed by atoms with Crippen LogP contribution in [0.5, 0.6) is 0 Å². The molecule has 2 aliphatic heterocycles. The second-order valence-corrected chi connectivity index (χ2v) is 19.2. The van der Waals surface area contributed by atoms with Crippen LogP contribution in [-0.4, -0.2) is 64.0 Å². The number of benzene rings is 4. The zero-order valence-corrected chi connectivity index (χ0v) is 48.6. The van der Waals surface area contributed by atoms with Crippen molar-refractivity contribution in [1.29, 1.82) is 0 Å². The van der Waals surface area contributed by atoms with Gasteiger partial charge in [0.2, 0.25) is 0 Å². The molecule has 0 N–H and O–H groups in total.